The summed E-state index contributed by atoms with van der Waals surface area (Å²) in [5, 5.41) is 9.54. The molecule has 1 aromatic rings. The van der Waals surface area contributed by atoms with Crippen LogP contribution in [0.3, 0.4) is 0 Å². The molecule has 0 radical (unpaired) electrons. The first-order valence-corrected chi connectivity index (χ1v) is 8.24. The zero-order valence-corrected chi connectivity index (χ0v) is 14.0. The Morgan fingerprint density at radius 1 is 1.50 bits per heavy atom. The number of carboxylic acid groups (broad SMARTS) is 1. The van der Waals surface area contributed by atoms with Gasteiger partial charge in [-0.1, -0.05) is 20.8 Å². The summed E-state index contributed by atoms with van der Waals surface area (Å²) in [6.07, 6.45) is 8.34. The van der Waals surface area contributed by atoms with Gasteiger partial charge in [0, 0.05) is 18.8 Å². The van der Waals surface area contributed by atoms with Crippen LogP contribution in [-0.4, -0.2) is 26.7 Å². The molecule has 1 aromatic heterocycles. The van der Waals surface area contributed by atoms with E-state index >= 15 is 0 Å². The van der Waals surface area contributed by atoms with Crippen LogP contribution in [0.4, 0.5) is 0 Å². The predicted octanol–water partition coefficient (Wildman–Crippen LogP) is 3.01. The van der Waals surface area contributed by atoms with E-state index in [2.05, 4.69) is 25.8 Å². The molecule has 1 heterocycles. The van der Waals surface area contributed by atoms with E-state index in [4.69, 9.17) is 5.73 Å². The summed E-state index contributed by atoms with van der Waals surface area (Å²) in [5.74, 6) is -0.872. The van der Waals surface area contributed by atoms with Crippen LogP contribution in [-0.2, 0) is 11.3 Å². The van der Waals surface area contributed by atoms with Crippen LogP contribution in [0.15, 0.2) is 12.5 Å². The first kappa shape index (κ1) is 17.0. The lowest BCUT2D eigenvalue weighted by atomic mass is 9.91. The van der Waals surface area contributed by atoms with E-state index in [9.17, 15) is 9.90 Å². The fourth-order valence-corrected chi connectivity index (χ4v) is 3.15. The maximum atomic E-state index is 11.6. The van der Waals surface area contributed by atoms with Gasteiger partial charge in [-0.05, 0) is 43.4 Å². The van der Waals surface area contributed by atoms with Crippen LogP contribution >= 0.6 is 0 Å². The van der Waals surface area contributed by atoms with Crippen molar-refractivity contribution in [3.63, 3.8) is 0 Å². The van der Waals surface area contributed by atoms with Gasteiger partial charge in [0.2, 0.25) is 0 Å². The standard InChI is InChI=1S/C17H29N3O2/c1-17(2,3)6-7-20-10-15(19-11-20)14(16(21)22)9-12-4-5-13(18)8-12/h10-14H,4-9,18H2,1-3H3,(H,21,22)/t12-,13+,14?/m1/s1. The highest BCUT2D eigenvalue weighted by Crippen LogP contribution is 2.33. The number of aliphatic carboxylic acids is 1. The summed E-state index contributed by atoms with van der Waals surface area (Å²) in [5.41, 5.74) is 6.88. The highest BCUT2D eigenvalue weighted by atomic mass is 16.4. The number of aromatic nitrogens is 2. The van der Waals surface area contributed by atoms with E-state index in [0.717, 1.165) is 32.2 Å². The van der Waals surface area contributed by atoms with Crippen LogP contribution in [0.1, 0.15) is 64.5 Å². The molecule has 5 nitrogen and oxygen atoms in total. The number of nitrogens with two attached hydrogens (primary N) is 1. The molecule has 1 unspecified atom stereocenters. The third-order valence-corrected chi connectivity index (χ3v) is 4.58. The highest BCUT2D eigenvalue weighted by molar-refractivity contribution is 5.75. The van der Waals surface area contributed by atoms with Gasteiger partial charge in [0.25, 0.3) is 0 Å². The van der Waals surface area contributed by atoms with Gasteiger partial charge in [-0.15, -0.1) is 0 Å². The molecule has 0 amide bonds. The first-order valence-electron chi connectivity index (χ1n) is 8.24. The third-order valence-electron chi connectivity index (χ3n) is 4.58. The van der Waals surface area contributed by atoms with Crippen molar-refractivity contribution in [3.8, 4) is 0 Å². The van der Waals surface area contributed by atoms with Gasteiger partial charge in [-0.25, -0.2) is 4.98 Å². The van der Waals surface area contributed by atoms with Gasteiger partial charge < -0.3 is 15.4 Å². The summed E-state index contributed by atoms with van der Waals surface area (Å²) >= 11 is 0. The molecule has 2 rings (SSSR count). The molecule has 0 spiro atoms. The predicted molar refractivity (Wildman–Crippen MR) is 86.6 cm³/mol. The van der Waals surface area contributed by atoms with Crippen molar-refractivity contribution >= 4 is 5.97 Å². The van der Waals surface area contributed by atoms with Crippen LogP contribution < -0.4 is 5.73 Å². The largest absolute Gasteiger partial charge is 0.481 e. The minimum atomic E-state index is -0.776. The Hall–Kier alpha value is -1.36. The van der Waals surface area contributed by atoms with E-state index in [0.29, 0.717) is 18.0 Å². The quantitative estimate of drug-likeness (QED) is 0.846. The maximum absolute atomic E-state index is 11.6. The van der Waals surface area contributed by atoms with Gasteiger partial charge >= 0.3 is 5.97 Å². The molecule has 3 N–H and O–H groups in total. The van der Waals surface area contributed by atoms with E-state index in [1.807, 2.05) is 10.8 Å². The molecule has 1 aliphatic rings. The van der Waals surface area contributed by atoms with Crippen molar-refractivity contribution in [3.05, 3.63) is 18.2 Å². The van der Waals surface area contributed by atoms with Crippen molar-refractivity contribution < 1.29 is 9.90 Å². The van der Waals surface area contributed by atoms with Crippen molar-refractivity contribution in [2.45, 2.75) is 71.4 Å². The Morgan fingerprint density at radius 2 is 2.23 bits per heavy atom. The van der Waals surface area contributed by atoms with Gasteiger partial charge in [0.05, 0.1) is 12.0 Å². The fourth-order valence-electron chi connectivity index (χ4n) is 3.15. The number of hydrogen-bond donors (Lipinski definition) is 2. The molecule has 0 aromatic carbocycles. The normalized spacial score (nSPS) is 23.6. The lowest BCUT2D eigenvalue weighted by Crippen LogP contribution is -2.18. The molecule has 22 heavy (non-hydrogen) atoms. The maximum Gasteiger partial charge on any atom is 0.312 e. The monoisotopic (exact) mass is 307 g/mol. The van der Waals surface area contributed by atoms with Crippen molar-refractivity contribution in [1.82, 2.24) is 9.55 Å². The SMILES string of the molecule is CC(C)(C)CCn1cnc(C(C[C@@H]2CC[C@H](N)C2)C(=O)O)c1. The molecule has 0 aliphatic heterocycles. The first-order chi connectivity index (χ1) is 10.2. The van der Waals surface area contributed by atoms with E-state index in [1.54, 1.807) is 6.33 Å². The number of rotatable bonds is 6. The molecule has 1 fully saturated rings. The van der Waals surface area contributed by atoms with Gasteiger partial charge in [0.1, 0.15) is 5.92 Å². The summed E-state index contributed by atoms with van der Waals surface area (Å²) < 4.78 is 2.01. The van der Waals surface area contributed by atoms with Gasteiger partial charge in [-0.3, -0.25) is 4.79 Å². The molecule has 1 aliphatic carbocycles. The second-order valence-corrected chi connectivity index (χ2v) is 7.91. The van der Waals surface area contributed by atoms with Crippen LogP contribution in [0.5, 0.6) is 0 Å². The number of aryl methyl sites for hydroxylation is 1. The lowest BCUT2D eigenvalue weighted by Gasteiger charge is -2.18. The number of imidazole rings is 1. The summed E-state index contributed by atoms with van der Waals surface area (Å²) in [6, 6.07) is 0.240. The second-order valence-electron chi connectivity index (χ2n) is 7.91. The molecular formula is C17H29N3O2. The molecular weight excluding hydrogens is 278 g/mol. The Kier molecular flexibility index (Phi) is 5.27. The fraction of sp³-hybridized carbons (Fsp3) is 0.765. The average Bonchev–Trinajstić information content (AvgIpc) is 3.01. The average molecular weight is 307 g/mol. The van der Waals surface area contributed by atoms with Crippen LogP contribution in [0.25, 0.3) is 0 Å². The van der Waals surface area contributed by atoms with E-state index in [1.165, 1.54) is 0 Å². The number of hydrogen-bond acceptors (Lipinski definition) is 3. The van der Waals surface area contributed by atoms with Crippen LogP contribution in [0, 0.1) is 11.3 Å². The smallest absolute Gasteiger partial charge is 0.312 e. The number of carboxylic acids is 1. The molecule has 0 saturated heterocycles. The van der Waals surface area contributed by atoms with E-state index < -0.39 is 11.9 Å². The number of carbonyl (C=O) groups is 1. The summed E-state index contributed by atoms with van der Waals surface area (Å²) in [7, 11) is 0. The zero-order valence-electron chi connectivity index (χ0n) is 14.0. The lowest BCUT2D eigenvalue weighted by molar-refractivity contribution is -0.139. The topological polar surface area (TPSA) is 81.1 Å². The summed E-state index contributed by atoms with van der Waals surface area (Å²) in [6.45, 7) is 7.48. The zero-order chi connectivity index (χ0) is 16.3. The highest BCUT2D eigenvalue weighted by Gasteiger charge is 2.30. The molecule has 5 heteroatoms. The minimum Gasteiger partial charge on any atom is -0.481 e. The van der Waals surface area contributed by atoms with Crippen molar-refractivity contribution in [2.24, 2.45) is 17.1 Å². The van der Waals surface area contributed by atoms with E-state index in [-0.39, 0.29) is 11.5 Å². The molecule has 0 bridgehead atoms. The minimum absolute atomic E-state index is 0.240. The van der Waals surface area contributed by atoms with Crippen molar-refractivity contribution in [2.75, 3.05) is 0 Å². The number of nitrogens with zero attached hydrogens (tertiary/aromatic N) is 2. The summed E-state index contributed by atoms with van der Waals surface area (Å²) in [4.78, 5) is 16.0. The van der Waals surface area contributed by atoms with Crippen molar-refractivity contribution in [1.29, 1.82) is 0 Å². The Bertz CT molecular complexity index is 504. The molecule has 3 atom stereocenters. The Morgan fingerprint density at radius 3 is 2.77 bits per heavy atom. The van der Waals surface area contributed by atoms with Gasteiger partial charge in [-0.2, -0.15) is 0 Å². The molecule has 1 saturated carbocycles. The van der Waals surface area contributed by atoms with Crippen LogP contribution in [0.2, 0.25) is 0 Å². The third kappa shape index (κ3) is 4.83. The molecule has 124 valence electrons. The Balaban J connectivity index is 2.00. The second kappa shape index (κ2) is 6.82. The Labute approximate surface area is 132 Å². The van der Waals surface area contributed by atoms with Gasteiger partial charge in [0.15, 0.2) is 0 Å².